The number of alkyl halides is 3. The van der Waals surface area contributed by atoms with E-state index in [9.17, 15) is 28.0 Å². The lowest BCUT2D eigenvalue weighted by atomic mass is 10.00. The number of carbonyl (C=O) groups is 1. The molecule has 1 aromatic heterocycles. The van der Waals surface area contributed by atoms with E-state index in [1.807, 2.05) is 6.07 Å². The Morgan fingerprint density at radius 1 is 1.23 bits per heavy atom. The maximum absolute atomic E-state index is 13.2. The number of ether oxygens (including phenoxy) is 2. The number of carbonyl (C=O) groups excluding carboxylic acids is 1. The fourth-order valence-electron chi connectivity index (χ4n) is 2.87. The Morgan fingerprint density at radius 2 is 1.87 bits per heavy atom. The molecule has 0 aliphatic rings. The van der Waals surface area contributed by atoms with Gasteiger partial charge in [-0.2, -0.15) is 18.4 Å². The van der Waals surface area contributed by atoms with Crippen molar-refractivity contribution in [3.63, 3.8) is 0 Å². The Morgan fingerprint density at radius 3 is 2.39 bits per heavy atom. The Kier molecular flexibility index (Phi) is 7.06. The first kappa shape index (κ1) is 24.3. The zero-order valence-corrected chi connectivity index (χ0v) is 18.0. The number of hydrogen-bond acceptors (Lipinski definition) is 5. The lowest BCUT2D eigenvalue weighted by Crippen LogP contribution is -2.37. The van der Waals surface area contributed by atoms with Gasteiger partial charge in [0.2, 0.25) is 0 Å². The SMILES string of the molecule is COc1cn(C(CC(F)(F)F)C(=O)OC(C)(C)C)c(=O)cc1-c1cc(Cl)ccc1C#N. The molecule has 0 fully saturated rings. The van der Waals surface area contributed by atoms with Crippen LogP contribution in [0.25, 0.3) is 11.1 Å². The van der Waals surface area contributed by atoms with Gasteiger partial charge in [0, 0.05) is 22.2 Å². The van der Waals surface area contributed by atoms with E-state index in [2.05, 4.69) is 0 Å². The summed E-state index contributed by atoms with van der Waals surface area (Å²) in [6.45, 7) is 4.51. The molecule has 0 N–H and O–H groups in total. The largest absolute Gasteiger partial charge is 0.495 e. The minimum absolute atomic E-state index is 0.0194. The van der Waals surface area contributed by atoms with Crippen molar-refractivity contribution in [2.24, 2.45) is 0 Å². The predicted molar refractivity (Wildman–Crippen MR) is 108 cm³/mol. The van der Waals surface area contributed by atoms with E-state index in [1.54, 1.807) is 0 Å². The fraction of sp³-hybridized carbons (Fsp3) is 0.381. The molecule has 0 aliphatic heterocycles. The molecule has 31 heavy (non-hydrogen) atoms. The van der Waals surface area contributed by atoms with Crippen LogP contribution < -0.4 is 10.3 Å². The summed E-state index contributed by atoms with van der Waals surface area (Å²) in [5, 5.41) is 9.63. The first-order valence-electron chi connectivity index (χ1n) is 9.05. The maximum atomic E-state index is 13.2. The van der Waals surface area contributed by atoms with E-state index in [1.165, 1.54) is 46.1 Å². The van der Waals surface area contributed by atoms with Crippen LogP contribution in [0.5, 0.6) is 5.75 Å². The number of benzene rings is 1. The van der Waals surface area contributed by atoms with Gasteiger partial charge in [0.1, 0.15) is 17.4 Å². The van der Waals surface area contributed by atoms with Crippen LogP contribution in [0.2, 0.25) is 5.02 Å². The number of esters is 1. The van der Waals surface area contributed by atoms with Crippen molar-refractivity contribution in [3.05, 3.63) is 51.4 Å². The van der Waals surface area contributed by atoms with Crippen LogP contribution >= 0.6 is 11.6 Å². The molecule has 1 atom stereocenters. The first-order chi connectivity index (χ1) is 14.3. The first-order valence-corrected chi connectivity index (χ1v) is 9.43. The van der Waals surface area contributed by atoms with Gasteiger partial charge in [-0.05, 0) is 39.0 Å². The lowest BCUT2D eigenvalue weighted by molar-refractivity contribution is -0.174. The number of aromatic nitrogens is 1. The third-order valence-corrected chi connectivity index (χ3v) is 4.33. The van der Waals surface area contributed by atoms with E-state index < -0.39 is 35.8 Å². The Balaban J connectivity index is 2.68. The van der Waals surface area contributed by atoms with Crippen LogP contribution in [-0.4, -0.2) is 29.4 Å². The minimum atomic E-state index is -4.74. The standard InChI is InChI=1S/C21H20ClF3N2O4/c1-20(2,3)31-19(29)16(9-21(23,24)25)27-11-17(30-4)15(8-18(27)28)14-7-13(22)6-5-12(14)10-26/h5-8,11,16H,9H2,1-4H3. The van der Waals surface area contributed by atoms with Crippen LogP contribution in [0.3, 0.4) is 0 Å². The molecule has 0 saturated heterocycles. The molecular weight excluding hydrogens is 437 g/mol. The molecular formula is C21H20ClF3N2O4. The number of halogens is 4. The second-order valence-corrected chi connectivity index (χ2v) is 8.11. The molecule has 0 bridgehead atoms. The molecule has 10 heteroatoms. The number of pyridine rings is 1. The number of hydrogen-bond donors (Lipinski definition) is 0. The molecule has 2 aromatic rings. The Hall–Kier alpha value is -2.99. The lowest BCUT2D eigenvalue weighted by Gasteiger charge is -2.26. The van der Waals surface area contributed by atoms with Crippen molar-refractivity contribution >= 4 is 17.6 Å². The summed E-state index contributed by atoms with van der Waals surface area (Å²) in [7, 11) is 1.25. The highest BCUT2D eigenvalue weighted by atomic mass is 35.5. The fourth-order valence-corrected chi connectivity index (χ4v) is 3.04. The Bertz CT molecular complexity index is 1080. The molecule has 0 radical (unpaired) electrons. The number of nitriles is 1. The summed E-state index contributed by atoms with van der Waals surface area (Å²) in [4.78, 5) is 25.3. The van der Waals surface area contributed by atoms with Crippen LogP contribution in [0, 0.1) is 11.3 Å². The van der Waals surface area contributed by atoms with E-state index in [4.69, 9.17) is 21.1 Å². The second kappa shape index (κ2) is 9.02. The summed E-state index contributed by atoms with van der Waals surface area (Å²) in [5.41, 5.74) is -1.37. The Labute approximate surface area is 181 Å². The third-order valence-electron chi connectivity index (χ3n) is 4.10. The van der Waals surface area contributed by atoms with Gasteiger partial charge in [0.05, 0.1) is 31.4 Å². The average molecular weight is 457 g/mol. The van der Waals surface area contributed by atoms with Gasteiger partial charge in [-0.15, -0.1) is 0 Å². The van der Waals surface area contributed by atoms with E-state index in [-0.39, 0.29) is 27.5 Å². The van der Waals surface area contributed by atoms with Gasteiger partial charge >= 0.3 is 12.1 Å². The smallest absolute Gasteiger partial charge is 0.391 e. The summed E-state index contributed by atoms with van der Waals surface area (Å²) in [5.74, 6) is -1.23. The summed E-state index contributed by atoms with van der Waals surface area (Å²) < 4.78 is 50.5. The maximum Gasteiger partial charge on any atom is 0.391 e. The highest BCUT2D eigenvalue weighted by Gasteiger charge is 2.39. The van der Waals surface area contributed by atoms with Crippen LogP contribution in [-0.2, 0) is 9.53 Å². The minimum Gasteiger partial charge on any atom is -0.495 e. The van der Waals surface area contributed by atoms with E-state index in [0.29, 0.717) is 4.57 Å². The monoisotopic (exact) mass is 456 g/mol. The van der Waals surface area contributed by atoms with Crippen molar-refractivity contribution in [1.29, 1.82) is 5.26 Å². The molecule has 166 valence electrons. The molecule has 0 aliphatic carbocycles. The zero-order chi connectivity index (χ0) is 23.6. The highest BCUT2D eigenvalue weighted by Crippen LogP contribution is 2.35. The highest BCUT2D eigenvalue weighted by molar-refractivity contribution is 6.31. The second-order valence-electron chi connectivity index (χ2n) is 7.67. The summed E-state index contributed by atoms with van der Waals surface area (Å²) in [6, 6.07) is 5.36. The van der Waals surface area contributed by atoms with E-state index in [0.717, 1.165) is 12.3 Å². The quantitative estimate of drug-likeness (QED) is 0.599. The van der Waals surface area contributed by atoms with Crippen molar-refractivity contribution in [2.75, 3.05) is 7.11 Å². The topological polar surface area (TPSA) is 81.3 Å². The summed E-state index contributed by atoms with van der Waals surface area (Å²) >= 11 is 6.00. The molecule has 1 unspecified atom stereocenters. The molecule has 6 nitrogen and oxygen atoms in total. The van der Waals surface area contributed by atoms with Gasteiger partial charge < -0.3 is 9.47 Å². The number of methoxy groups -OCH3 is 1. The molecule has 2 rings (SSSR count). The third kappa shape index (κ3) is 6.25. The molecule has 0 saturated carbocycles. The zero-order valence-electron chi connectivity index (χ0n) is 17.2. The number of rotatable bonds is 5. The average Bonchev–Trinajstić information content (AvgIpc) is 2.64. The van der Waals surface area contributed by atoms with E-state index >= 15 is 0 Å². The van der Waals surface area contributed by atoms with Gasteiger partial charge in [-0.1, -0.05) is 11.6 Å². The molecule has 1 aromatic carbocycles. The number of nitrogens with zero attached hydrogens (tertiary/aromatic N) is 2. The normalized spacial score (nSPS) is 12.7. The predicted octanol–water partition coefficient (Wildman–Crippen LogP) is 4.88. The van der Waals surface area contributed by atoms with Crippen LogP contribution in [0.4, 0.5) is 13.2 Å². The molecule has 0 amide bonds. The van der Waals surface area contributed by atoms with Gasteiger partial charge in [-0.3, -0.25) is 9.36 Å². The molecule has 0 spiro atoms. The van der Waals surface area contributed by atoms with Crippen molar-refractivity contribution in [3.8, 4) is 22.9 Å². The van der Waals surface area contributed by atoms with Gasteiger partial charge in [0.15, 0.2) is 0 Å². The van der Waals surface area contributed by atoms with Crippen molar-refractivity contribution in [2.45, 2.75) is 45.0 Å². The summed E-state index contributed by atoms with van der Waals surface area (Å²) in [6.07, 6.45) is -5.35. The van der Waals surface area contributed by atoms with Gasteiger partial charge in [-0.25, -0.2) is 4.79 Å². The van der Waals surface area contributed by atoms with Crippen molar-refractivity contribution in [1.82, 2.24) is 4.57 Å². The van der Waals surface area contributed by atoms with Crippen molar-refractivity contribution < 1.29 is 27.4 Å². The molecule has 1 heterocycles. The van der Waals surface area contributed by atoms with Crippen LogP contribution in [0.15, 0.2) is 35.3 Å². The van der Waals surface area contributed by atoms with Crippen LogP contribution in [0.1, 0.15) is 38.8 Å². The van der Waals surface area contributed by atoms with Gasteiger partial charge in [0.25, 0.3) is 5.56 Å².